The number of para-hydroxylation sites is 1. The average molecular weight is 370 g/mol. The molecule has 3 aromatic rings. The maximum Gasteiger partial charge on any atom is 0.258 e. The number of hydrogen-bond acceptors (Lipinski definition) is 2. The van der Waals surface area contributed by atoms with Crippen LogP contribution >= 0.6 is 0 Å². The molecule has 4 rings (SSSR count). The van der Waals surface area contributed by atoms with Crippen molar-refractivity contribution in [1.29, 1.82) is 0 Å². The van der Waals surface area contributed by atoms with Crippen molar-refractivity contribution in [2.45, 2.75) is 25.8 Å². The highest BCUT2D eigenvalue weighted by molar-refractivity contribution is 6.07. The van der Waals surface area contributed by atoms with Gasteiger partial charge < -0.3 is 10.2 Å². The molecular weight excluding hydrogens is 348 g/mol. The predicted octanol–water partition coefficient (Wildman–Crippen LogP) is 4.46. The highest BCUT2D eigenvalue weighted by Crippen LogP contribution is 2.30. The standard InChI is InChI=1S/C24H22N2O2/c1-17(27)25-21-13-11-18(12-14-21)24(28)26(22-9-3-2-4-10-22)23-15-19-7-5-6-8-20(19)16-23/h2-14,23H,15-16H2,1H3,(H,25,27). The van der Waals surface area contributed by atoms with Gasteiger partial charge in [0.2, 0.25) is 5.91 Å². The Labute approximate surface area is 164 Å². The zero-order valence-electron chi connectivity index (χ0n) is 15.8. The van der Waals surface area contributed by atoms with E-state index < -0.39 is 0 Å². The van der Waals surface area contributed by atoms with Crippen molar-refractivity contribution >= 4 is 23.2 Å². The molecule has 140 valence electrons. The van der Waals surface area contributed by atoms with E-state index in [-0.39, 0.29) is 17.9 Å². The molecule has 4 nitrogen and oxygen atoms in total. The van der Waals surface area contributed by atoms with Gasteiger partial charge in [0.05, 0.1) is 0 Å². The smallest absolute Gasteiger partial charge is 0.258 e. The van der Waals surface area contributed by atoms with E-state index in [4.69, 9.17) is 0 Å². The maximum absolute atomic E-state index is 13.5. The Hall–Kier alpha value is -3.40. The number of rotatable bonds is 4. The summed E-state index contributed by atoms with van der Waals surface area (Å²) in [6.45, 7) is 1.47. The fourth-order valence-corrected chi connectivity index (χ4v) is 3.84. The second kappa shape index (κ2) is 7.69. The molecule has 4 heteroatoms. The van der Waals surface area contributed by atoms with Crippen molar-refractivity contribution < 1.29 is 9.59 Å². The second-order valence-corrected chi connectivity index (χ2v) is 7.10. The van der Waals surface area contributed by atoms with Crippen LogP contribution in [-0.4, -0.2) is 17.9 Å². The summed E-state index contributed by atoms with van der Waals surface area (Å²) < 4.78 is 0. The molecule has 0 aromatic heterocycles. The molecule has 0 heterocycles. The van der Waals surface area contributed by atoms with Gasteiger partial charge in [0.1, 0.15) is 0 Å². The molecule has 0 unspecified atom stereocenters. The minimum absolute atomic E-state index is 0.0293. The molecule has 0 atom stereocenters. The van der Waals surface area contributed by atoms with Gasteiger partial charge in [-0.15, -0.1) is 0 Å². The molecule has 0 saturated carbocycles. The third-order valence-electron chi connectivity index (χ3n) is 5.10. The Bertz CT molecular complexity index is 972. The quantitative estimate of drug-likeness (QED) is 0.737. The van der Waals surface area contributed by atoms with Crippen LogP contribution < -0.4 is 10.2 Å². The summed E-state index contributed by atoms with van der Waals surface area (Å²) in [6, 6.07) is 25.4. The number of benzene rings is 3. The first-order chi connectivity index (χ1) is 13.6. The van der Waals surface area contributed by atoms with E-state index in [1.165, 1.54) is 18.1 Å². The van der Waals surface area contributed by atoms with Crippen LogP contribution in [0.1, 0.15) is 28.4 Å². The fourth-order valence-electron chi connectivity index (χ4n) is 3.84. The number of anilines is 2. The van der Waals surface area contributed by atoms with Crippen molar-refractivity contribution in [1.82, 2.24) is 0 Å². The zero-order chi connectivity index (χ0) is 19.5. The summed E-state index contributed by atoms with van der Waals surface area (Å²) in [5, 5.41) is 2.73. The Balaban J connectivity index is 1.65. The number of carbonyl (C=O) groups is 2. The maximum atomic E-state index is 13.5. The minimum Gasteiger partial charge on any atom is -0.326 e. The lowest BCUT2D eigenvalue weighted by Gasteiger charge is -2.29. The minimum atomic E-state index is -0.131. The number of hydrogen-bond donors (Lipinski definition) is 1. The molecule has 2 amide bonds. The van der Waals surface area contributed by atoms with Crippen molar-refractivity contribution in [3.63, 3.8) is 0 Å². The largest absolute Gasteiger partial charge is 0.326 e. The third-order valence-corrected chi connectivity index (χ3v) is 5.10. The number of amides is 2. The molecule has 0 radical (unpaired) electrons. The van der Waals surface area contributed by atoms with Crippen molar-refractivity contribution in [3.8, 4) is 0 Å². The van der Waals surface area contributed by atoms with E-state index in [9.17, 15) is 9.59 Å². The van der Waals surface area contributed by atoms with E-state index in [0.717, 1.165) is 18.5 Å². The first-order valence-corrected chi connectivity index (χ1v) is 9.45. The summed E-state index contributed by atoms with van der Waals surface area (Å²) in [5.41, 5.74) is 4.80. The van der Waals surface area contributed by atoms with Crippen molar-refractivity contribution in [2.24, 2.45) is 0 Å². The Morgan fingerprint density at radius 3 is 1.96 bits per heavy atom. The van der Waals surface area contributed by atoms with Gasteiger partial charge in [-0.3, -0.25) is 9.59 Å². The lowest BCUT2D eigenvalue weighted by Crippen LogP contribution is -2.41. The molecular formula is C24H22N2O2. The number of nitrogens with one attached hydrogen (secondary N) is 1. The summed E-state index contributed by atoms with van der Waals surface area (Å²) >= 11 is 0. The summed E-state index contributed by atoms with van der Waals surface area (Å²) in [7, 11) is 0. The molecule has 0 bridgehead atoms. The molecule has 0 aliphatic heterocycles. The van der Waals surface area contributed by atoms with E-state index in [0.29, 0.717) is 11.3 Å². The van der Waals surface area contributed by atoms with Crippen molar-refractivity contribution in [2.75, 3.05) is 10.2 Å². The van der Waals surface area contributed by atoms with Crippen LogP contribution in [-0.2, 0) is 17.6 Å². The van der Waals surface area contributed by atoms with Gasteiger partial charge in [-0.2, -0.15) is 0 Å². The van der Waals surface area contributed by atoms with Crippen LogP contribution in [0.4, 0.5) is 11.4 Å². The van der Waals surface area contributed by atoms with Gasteiger partial charge in [0.25, 0.3) is 5.91 Å². The molecule has 3 aromatic carbocycles. The van der Waals surface area contributed by atoms with Crippen LogP contribution in [0, 0.1) is 0 Å². The monoisotopic (exact) mass is 370 g/mol. The predicted molar refractivity (Wildman–Crippen MR) is 112 cm³/mol. The SMILES string of the molecule is CC(=O)Nc1ccc(C(=O)N(c2ccccc2)C2Cc3ccccc3C2)cc1. The highest BCUT2D eigenvalue weighted by atomic mass is 16.2. The van der Waals surface area contributed by atoms with E-state index >= 15 is 0 Å². The Morgan fingerprint density at radius 2 is 1.39 bits per heavy atom. The highest BCUT2D eigenvalue weighted by Gasteiger charge is 2.31. The van der Waals surface area contributed by atoms with Gasteiger partial charge in [-0.25, -0.2) is 0 Å². The van der Waals surface area contributed by atoms with Crippen molar-refractivity contribution in [3.05, 3.63) is 95.6 Å². The number of nitrogens with zero attached hydrogens (tertiary/aromatic N) is 1. The van der Waals surface area contributed by atoms with Gasteiger partial charge in [0.15, 0.2) is 0 Å². The second-order valence-electron chi connectivity index (χ2n) is 7.10. The Kier molecular flexibility index (Phi) is 4.94. The normalized spacial score (nSPS) is 13.0. The van der Waals surface area contributed by atoms with Crippen LogP contribution in [0.2, 0.25) is 0 Å². The first-order valence-electron chi connectivity index (χ1n) is 9.45. The molecule has 1 aliphatic carbocycles. The molecule has 0 spiro atoms. The van der Waals surface area contributed by atoms with E-state index in [2.05, 4.69) is 29.6 Å². The van der Waals surface area contributed by atoms with Crippen LogP contribution in [0.3, 0.4) is 0 Å². The number of fused-ring (bicyclic) bond motifs is 1. The van der Waals surface area contributed by atoms with Gasteiger partial charge in [-0.1, -0.05) is 42.5 Å². The lowest BCUT2D eigenvalue weighted by molar-refractivity contribution is -0.114. The lowest BCUT2D eigenvalue weighted by atomic mass is 10.1. The fraction of sp³-hybridized carbons (Fsp3) is 0.167. The third kappa shape index (κ3) is 3.67. The Morgan fingerprint density at radius 1 is 0.821 bits per heavy atom. The van der Waals surface area contributed by atoms with Crippen LogP contribution in [0.5, 0.6) is 0 Å². The van der Waals surface area contributed by atoms with E-state index in [1.807, 2.05) is 35.2 Å². The summed E-state index contributed by atoms with van der Waals surface area (Å²) in [5.74, 6) is -0.160. The van der Waals surface area contributed by atoms with Crippen LogP contribution in [0.15, 0.2) is 78.9 Å². The van der Waals surface area contributed by atoms with Gasteiger partial charge >= 0.3 is 0 Å². The molecule has 0 fully saturated rings. The molecule has 1 N–H and O–H groups in total. The number of carbonyl (C=O) groups excluding carboxylic acids is 2. The average Bonchev–Trinajstić information content (AvgIpc) is 3.12. The summed E-state index contributed by atoms with van der Waals surface area (Å²) in [4.78, 5) is 26.6. The molecule has 0 saturated heterocycles. The summed E-state index contributed by atoms with van der Waals surface area (Å²) in [6.07, 6.45) is 1.70. The molecule has 1 aliphatic rings. The van der Waals surface area contributed by atoms with E-state index in [1.54, 1.807) is 24.3 Å². The van der Waals surface area contributed by atoms with Gasteiger partial charge in [0, 0.05) is 29.9 Å². The zero-order valence-corrected chi connectivity index (χ0v) is 15.8. The van der Waals surface area contributed by atoms with Crippen LogP contribution in [0.25, 0.3) is 0 Å². The first kappa shape index (κ1) is 18.0. The van der Waals surface area contributed by atoms with Gasteiger partial charge in [-0.05, 0) is 60.4 Å². The molecule has 28 heavy (non-hydrogen) atoms. The topological polar surface area (TPSA) is 49.4 Å².